The van der Waals surface area contributed by atoms with Crippen molar-refractivity contribution in [2.45, 2.75) is 6.92 Å². The van der Waals surface area contributed by atoms with Crippen molar-refractivity contribution in [3.63, 3.8) is 0 Å². The standard InChI is InChI=1S/C14H19ClN2O3/c1-11(18)16-12-2-3-13(15)14(10-12)20-9-6-17-4-7-19-8-5-17/h2-3,10H,4-9H2,1H3,(H,16,18). The minimum Gasteiger partial charge on any atom is -0.491 e. The average Bonchev–Trinajstić information content (AvgIpc) is 2.43. The molecule has 0 saturated carbocycles. The summed E-state index contributed by atoms with van der Waals surface area (Å²) in [5.41, 5.74) is 0.684. The lowest BCUT2D eigenvalue weighted by atomic mass is 10.3. The van der Waals surface area contributed by atoms with E-state index in [1.807, 2.05) is 0 Å². The van der Waals surface area contributed by atoms with Gasteiger partial charge in [-0.3, -0.25) is 9.69 Å². The first-order chi connectivity index (χ1) is 9.65. The quantitative estimate of drug-likeness (QED) is 0.903. The second kappa shape index (κ2) is 7.47. The van der Waals surface area contributed by atoms with Gasteiger partial charge >= 0.3 is 0 Å². The van der Waals surface area contributed by atoms with Gasteiger partial charge in [-0.2, -0.15) is 0 Å². The van der Waals surface area contributed by atoms with Crippen molar-refractivity contribution >= 4 is 23.2 Å². The first-order valence-corrected chi connectivity index (χ1v) is 7.03. The number of morpholine rings is 1. The summed E-state index contributed by atoms with van der Waals surface area (Å²) in [5.74, 6) is 0.470. The number of benzene rings is 1. The Hall–Kier alpha value is -1.30. The monoisotopic (exact) mass is 298 g/mol. The molecule has 0 spiro atoms. The van der Waals surface area contributed by atoms with Crippen molar-refractivity contribution in [1.82, 2.24) is 4.90 Å². The molecule has 1 aromatic carbocycles. The van der Waals surface area contributed by atoms with E-state index in [1.165, 1.54) is 6.92 Å². The predicted molar refractivity (Wildman–Crippen MR) is 78.5 cm³/mol. The minimum atomic E-state index is -0.119. The van der Waals surface area contributed by atoms with Crippen molar-refractivity contribution in [3.8, 4) is 5.75 Å². The van der Waals surface area contributed by atoms with Crippen LogP contribution in [0.2, 0.25) is 5.02 Å². The Labute approximate surface area is 123 Å². The van der Waals surface area contributed by atoms with E-state index in [2.05, 4.69) is 10.2 Å². The molecule has 5 nitrogen and oxygen atoms in total. The van der Waals surface area contributed by atoms with Crippen LogP contribution in [0, 0.1) is 0 Å². The second-order valence-electron chi connectivity index (χ2n) is 4.63. The Balaban J connectivity index is 1.86. The van der Waals surface area contributed by atoms with Crippen LogP contribution in [0.4, 0.5) is 5.69 Å². The van der Waals surface area contributed by atoms with E-state index in [4.69, 9.17) is 21.1 Å². The second-order valence-corrected chi connectivity index (χ2v) is 5.04. The maximum atomic E-state index is 11.0. The van der Waals surface area contributed by atoms with Gasteiger partial charge in [0.1, 0.15) is 12.4 Å². The molecule has 1 aromatic rings. The number of anilines is 1. The Morgan fingerprint density at radius 2 is 2.20 bits per heavy atom. The first-order valence-electron chi connectivity index (χ1n) is 6.65. The molecule has 0 unspecified atom stereocenters. The van der Waals surface area contributed by atoms with Crippen molar-refractivity contribution < 1.29 is 14.3 Å². The minimum absolute atomic E-state index is 0.119. The number of rotatable bonds is 5. The number of halogens is 1. The van der Waals surface area contributed by atoms with E-state index in [1.54, 1.807) is 18.2 Å². The predicted octanol–water partition coefficient (Wildman–Crippen LogP) is 2.01. The molecule has 1 aliphatic rings. The topological polar surface area (TPSA) is 50.8 Å². The number of amides is 1. The van der Waals surface area contributed by atoms with Crippen molar-refractivity contribution in [2.75, 3.05) is 44.8 Å². The zero-order valence-electron chi connectivity index (χ0n) is 11.5. The first kappa shape index (κ1) is 15.1. The molecular formula is C14H19ClN2O3. The van der Waals surface area contributed by atoms with Crippen LogP contribution >= 0.6 is 11.6 Å². The highest BCUT2D eigenvalue weighted by atomic mass is 35.5. The van der Waals surface area contributed by atoms with E-state index in [9.17, 15) is 4.79 Å². The molecule has 20 heavy (non-hydrogen) atoms. The molecule has 1 amide bonds. The highest BCUT2D eigenvalue weighted by Gasteiger charge is 2.10. The van der Waals surface area contributed by atoms with Gasteiger partial charge < -0.3 is 14.8 Å². The van der Waals surface area contributed by atoms with E-state index in [-0.39, 0.29) is 5.91 Å². The molecule has 0 radical (unpaired) electrons. The third-order valence-electron chi connectivity index (χ3n) is 3.02. The molecule has 0 bridgehead atoms. The Morgan fingerprint density at radius 1 is 1.45 bits per heavy atom. The molecule has 1 saturated heterocycles. The number of carbonyl (C=O) groups is 1. The van der Waals surface area contributed by atoms with E-state index in [0.29, 0.717) is 23.1 Å². The number of hydrogen-bond acceptors (Lipinski definition) is 4. The zero-order valence-corrected chi connectivity index (χ0v) is 12.3. The van der Waals surface area contributed by atoms with Crippen LogP contribution in [-0.4, -0.2) is 50.3 Å². The fourth-order valence-corrected chi connectivity index (χ4v) is 2.18. The fraction of sp³-hybridized carbons (Fsp3) is 0.500. The average molecular weight is 299 g/mol. The molecule has 1 fully saturated rings. The summed E-state index contributed by atoms with van der Waals surface area (Å²) >= 11 is 6.08. The van der Waals surface area contributed by atoms with Gasteiger partial charge in [-0.1, -0.05) is 11.6 Å². The van der Waals surface area contributed by atoms with Gasteiger partial charge in [-0.05, 0) is 12.1 Å². The van der Waals surface area contributed by atoms with Gasteiger partial charge in [0, 0.05) is 38.3 Å². The number of nitrogens with one attached hydrogen (secondary N) is 1. The highest BCUT2D eigenvalue weighted by molar-refractivity contribution is 6.32. The summed E-state index contributed by atoms with van der Waals surface area (Å²) in [7, 11) is 0. The molecular weight excluding hydrogens is 280 g/mol. The summed E-state index contributed by atoms with van der Waals surface area (Å²) in [6.45, 7) is 6.28. The van der Waals surface area contributed by atoms with Crippen LogP contribution in [0.5, 0.6) is 5.75 Å². The van der Waals surface area contributed by atoms with Gasteiger partial charge in [0.25, 0.3) is 0 Å². The van der Waals surface area contributed by atoms with Crippen LogP contribution in [0.25, 0.3) is 0 Å². The lowest BCUT2D eigenvalue weighted by Gasteiger charge is -2.26. The third-order valence-corrected chi connectivity index (χ3v) is 3.33. The van der Waals surface area contributed by atoms with E-state index < -0.39 is 0 Å². The van der Waals surface area contributed by atoms with Crippen LogP contribution < -0.4 is 10.1 Å². The van der Waals surface area contributed by atoms with E-state index >= 15 is 0 Å². The van der Waals surface area contributed by atoms with Crippen LogP contribution in [0.15, 0.2) is 18.2 Å². The summed E-state index contributed by atoms with van der Waals surface area (Å²) in [6, 6.07) is 5.21. The Kier molecular flexibility index (Phi) is 5.64. The maximum Gasteiger partial charge on any atom is 0.221 e. The summed E-state index contributed by atoms with van der Waals surface area (Å²) in [5, 5.41) is 3.25. The molecule has 0 atom stereocenters. The zero-order chi connectivity index (χ0) is 14.4. The molecule has 1 aliphatic heterocycles. The molecule has 2 rings (SSSR count). The molecule has 1 N–H and O–H groups in total. The van der Waals surface area contributed by atoms with Crippen LogP contribution in [0.3, 0.4) is 0 Å². The number of ether oxygens (including phenoxy) is 2. The Morgan fingerprint density at radius 3 is 2.90 bits per heavy atom. The normalized spacial score (nSPS) is 15.9. The molecule has 6 heteroatoms. The van der Waals surface area contributed by atoms with E-state index in [0.717, 1.165) is 32.8 Å². The molecule has 0 aromatic heterocycles. The van der Waals surface area contributed by atoms with Gasteiger partial charge in [-0.15, -0.1) is 0 Å². The van der Waals surface area contributed by atoms with Gasteiger partial charge in [0.15, 0.2) is 0 Å². The summed E-state index contributed by atoms with van der Waals surface area (Å²) in [6.07, 6.45) is 0. The summed E-state index contributed by atoms with van der Waals surface area (Å²) < 4.78 is 11.0. The molecule has 110 valence electrons. The van der Waals surface area contributed by atoms with Gasteiger partial charge in [0.05, 0.1) is 18.2 Å². The fourth-order valence-electron chi connectivity index (χ4n) is 2.00. The number of carbonyl (C=O) groups excluding carboxylic acids is 1. The smallest absolute Gasteiger partial charge is 0.221 e. The lowest BCUT2D eigenvalue weighted by Crippen LogP contribution is -2.38. The number of nitrogens with zero attached hydrogens (tertiary/aromatic N) is 1. The van der Waals surface area contributed by atoms with Crippen molar-refractivity contribution in [2.24, 2.45) is 0 Å². The number of hydrogen-bond donors (Lipinski definition) is 1. The van der Waals surface area contributed by atoms with Gasteiger partial charge in [-0.25, -0.2) is 0 Å². The Bertz CT molecular complexity index is 462. The molecule has 1 heterocycles. The van der Waals surface area contributed by atoms with Gasteiger partial charge in [0.2, 0.25) is 5.91 Å². The maximum absolute atomic E-state index is 11.0. The van der Waals surface area contributed by atoms with Crippen molar-refractivity contribution in [3.05, 3.63) is 23.2 Å². The summed E-state index contributed by atoms with van der Waals surface area (Å²) in [4.78, 5) is 13.3. The van der Waals surface area contributed by atoms with Crippen LogP contribution in [0.1, 0.15) is 6.92 Å². The SMILES string of the molecule is CC(=O)Nc1ccc(Cl)c(OCCN2CCOCC2)c1. The largest absolute Gasteiger partial charge is 0.491 e. The molecule has 0 aliphatic carbocycles. The van der Waals surface area contributed by atoms with Crippen LogP contribution in [-0.2, 0) is 9.53 Å². The van der Waals surface area contributed by atoms with Crippen molar-refractivity contribution in [1.29, 1.82) is 0 Å². The lowest BCUT2D eigenvalue weighted by molar-refractivity contribution is -0.114. The highest BCUT2D eigenvalue weighted by Crippen LogP contribution is 2.27. The third kappa shape index (κ3) is 4.67.